The molecule has 2 aromatic rings. The van der Waals surface area contributed by atoms with E-state index in [9.17, 15) is 9.59 Å². The number of anilines is 2. The molecule has 1 atom stereocenters. The molecule has 2 aromatic carbocycles. The Bertz CT molecular complexity index is 853. The highest BCUT2D eigenvalue weighted by Gasteiger charge is 2.40. The minimum absolute atomic E-state index is 0.133. The zero-order valence-electron chi connectivity index (χ0n) is 15.6. The van der Waals surface area contributed by atoms with Crippen LogP contribution in [0.1, 0.15) is 38.2 Å². The molecule has 0 radical (unpaired) electrons. The van der Waals surface area contributed by atoms with Gasteiger partial charge in [0.25, 0.3) is 0 Å². The number of halogens is 2. The molecule has 0 aliphatic heterocycles. The second-order valence-corrected chi connectivity index (χ2v) is 9.18. The molecule has 0 heterocycles. The van der Waals surface area contributed by atoms with Gasteiger partial charge in [-0.2, -0.15) is 0 Å². The SMILES string of the molecule is CC(=O)Nc1ccc(NC(=O)N[C@](I)(c2cccc(Cl)c2)C2CCCC2)cc1. The fourth-order valence-electron chi connectivity index (χ4n) is 3.62. The summed E-state index contributed by atoms with van der Waals surface area (Å²) >= 11 is 8.57. The van der Waals surface area contributed by atoms with Gasteiger partial charge in [-0.1, -0.05) is 36.6 Å². The Balaban J connectivity index is 1.75. The number of amides is 3. The molecule has 1 saturated carbocycles. The highest BCUT2D eigenvalue weighted by molar-refractivity contribution is 14.1. The minimum atomic E-state index is -0.528. The molecule has 3 rings (SSSR count). The molecule has 1 aliphatic carbocycles. The molecule has 1 aliphatic rings. The fourth-order valence-corrected chi connectivity index (χ4v) is 5.01. The monoisotopic (exact) mass is 511 g/mol. The van der Waals surface area contributed by atoms with Crippen molar-refractivity contribution in [3.63, 3.8) is 0 Å². The molecule has 7 heteroatoms. The molecule has 1 fully saturated rings. The molecule has 5 nitrogen and oxygen atoms in total. The summed E-state index contributed by atoms with van der Waals surface area (Å²) in [7, 11) is 0. The summed E-state index contributed by atoms with van der Waals surface area (Å²) in [5.41, 5.74) is 2.35. The number of benzene rings is 2. The van der Waals surface area contributed by atoms with E-state index in [1.54, 1.807) is 24.3 Å². The first-order chi connectivity index (χ1) is 13.4. The largest absolute Gasteiger partial charge is 0.326 e. The van der Waals surface area contributed by atoms with Crippen LogP contribution in [0.2, 0.25) is 5.02 Å². The smallest absolute Gasteiger partial charge is 0.320 e. The lowest BCUT2D eigenvalue weighted by atomic mass is 9.91. The van der Waals surface area contributed by atoms with Crippen LogP contribution in [0.5, 0.6) is 0 Å². The first kappa shape index (κ1) is 20.9. The van der Waals surface area contributed by atoms with Gasteiger partial charge in [0, 0.05) is 23.3 Å². The molecule has 0 spiro atoms. The van der Waals surface area contributed by atoms with Crippen LogP contribution in [0.4, 0.5) is 16.2 Å². The van der Waals surface area contributed by atoms with Gasteiger partial charge in [0.2, 0.25) is 5.91 Å². The van der Waals surface area contributed by atoms with Crippen molar-refractivity contribution in [1.82, 2.24) is 5.32 Å². The third-order valence-corrected chi connectivity index (χ3v) is 6.93. The van der Waals surface area contributed by atoms with Gasteiger partial charge >= 0.3 is 6.03 Å². The molecular weight excluding hydrogens is 489 g/mol. The predicted molar refractivity (Wildman–Crippen MR) is 122 cm³/mol. The quantitative estimate of drug-likeness (QED) is 0.266. The predicted octanol–water partition coefficient (Wildman–Crippen LogP) is 5.90. The molecule has 0 unspecified atom stereocenters. The Labute approximate surface area is 183 Å². The van der Waals surface area contributed by atoms with E-state index in [1.807, 2.05) is 24.3 Å². The van der Waals surface area contributed by atoms with E-state index >= 15 is 0 Å². The molecule has 0 bridgehead atoms. The topological polar surface area (TPSA) is 70.2 Å². The zero-order valence-corrected chi connectivity index (χ0v) is 18.5. The Hall–Kier alpha value is -1.80. The molecule has 0 saturated heterocycles. The van der Waals surface area contributed by atoms with Gasteiger partial charge in [-0.05, 0) is 83.3 Å². The van der Waals surface area contributed by atoms with Crippen molar-refractivity contribution in [2.24, 2.45) is 5.92 Å². The molecule has 28 heavy (non-hydrogen) atoms. The van der Waals surface area contributed by atoms with E-state index in [1.165, 1.54) is 19.8 Å². The van der Waals surface area contributed by atoms with Gasteiger partial charge in [0.05, 0.1) is 0 Å². The maximum Gasteiger partial charge on any atom is 0.320 e. The number of hydrogen-bond acceptors (Lipinski definition) is 2. The van der Waals surface area contributed by atoms with Crippen LogP contribution in [-0.4, -0.2) is 11.9 Å². The Morgan fingerprint density at radius 3 is 2.21 bits per heavy atom. The summed E-state index contributed by atoms with van der Waals surface area (Å²) in [4.78, 5) is 23.9. The first-order valence-electron chi connectivity index (χ1n) is 9.28. The lowest BCUT2D eigenvalue weighted by Gasteiger charge is -2.35. The second-order valence-electron chi connectivity index (χ2n) is 7.04. The number of urea groups is 1. The summed E-state index contributed by atoms with van der Waals surface area (Å²) in [5.74, 6) is 0.214. The Morgan fingerprint density at radius 1 is 1.04 bits per heavy atom. The maximum absolute atomic E-state index is 12.8. The molecule has 3 N–H and O–H groups in total. The van der Waals surface area contributed by atoms with Crippen LogP contribution >= 0.6 is 34.2 Å². The highest BCUT2D eigenvalue weighted by Crippen LogP contribution is 2.45. The fraction of sp³-hybridized carbons (Fsp3) is 0.333. The lowest BCUT2D eigenvalue weighted by Crippen LogP contribution is -2.47. The van der Waals surface area contributed by atoms with E-state index in [0.29, 0.717) is 22.3 Å². The summed E-state index contributed by atoms with van der Waals surface area (Å²) < 4.78 is -0.528. The van der Waals surface area contributed by atoms with Crippen molar-refractivity contribution < 1.29 is 9.59 Å². The van der Waals surface area contributed by atoms with Crippen LogP contribution < -0.4 is 16.0 Å². The first-order valence-corrected chi connectivity index (χ1v) is 10.7. The highest BCUT2D eigenvalue weighted by atomic mass is 127. The van der Waals surface area contributed by atoms with Crippen molar-refractivity contribution >= 4 is 57.5 Å². The van der Waals surface area contributed by atoms with Crippen molar-refractivity contribution in [1.29, 1.82) is 0 Å². The maximum atomic E-state index is 12.8. The van der Waals surface area contributed by atoms with Crippen LogP contribution in [-0.2, 0) is 8.34 Å². The second kappa shape index (κ2) is 9.13. The van der Waals surface area contributed by atoms with Crippen LogP contribution in [0.3, 0.4) is 0 Å². The van der Waals surface area contributed by atoms with E-state index in [4.69, 9.17) is 11.6 Å². The zero-order chi connectivity index (χ0) is 20.1. The van der Waals surface area contributed by atoms with E-state index in [2.05, 4.69) is 38.5 Å². The number of nitrogens with one attached hydrogen (secondary N) is 3. The van der Waals surface area contributed by atoms with Gasteiger partial charge in [-0.15, -0.1) is 0 Å². The number of hydrogen-bond donors (Lipinski definition) is 3. The molecular formula is C21H23ClIN3O2. The summed E-state index contributed by atoms with van der Waals surface area (Å²) in [5, 5.41) is 9.43. The van der Waals surface area contributed by atoms with Gasteiger partial charge in [0.1, 0.15) is 3.55 Å². The Kier molecular flexibility index (Phi) is 6.82. The number of rotatable bonds is 5. The van der Waals surface area contributed by atoms with Crippen molar-refractivity contribution in [2.45, 2.75) is 36.2 Å². The van der Waals surface area contributed by atoms with Crippen LogP contribution in [0.15, 0.2) is 48.5 Å². The van der Waals surface area contributed by atoms with Gasteiger partial charge < -0.3 is 16.0 Å². The lowest BCUT2D eigenvalue weighted by molar-refractivity contribution is -0.114. The van der Waals surface area contributed by atoms with Gasteiger partial charge in [0.15, 0.2) is 0 Å². The van der Waals surface area contributed by atoms with Crippen LogP contribution in [0.25, 0.3) is 0 Å². The van der Waals surface area contributed by atoms with E-state index < -0.39 is 3.55 Å². The molecule has 3 amide bonds. The average Bonchev–Trinajstić information content (AvgIpc) is 3.18. The summed E-state index contributed by atoms with van der Waals surface area (Å²) in [6.07, 6.45) is 4.48. The van der Waals surface area contributed by atoms with E-state index in [0.717, 1.165) is 18.4 Å². The van der Waals surface area contributed by atoms with Gasteiger partial charge in [-0.3, -0.25) is 4.79 Å². The van der Waals surface area contributed by atoms with E-state index in [-0.39, 0.29) is 11.9 Å². The van der Waals surface area contributed by atoms with Gasteiger partial charge in [-0.25, -0.2) is 4.79 Å². The summed E-state index contributed by atoms with van der Waals surface area (Å²) in [6, 6.07) is 14.4. The summed E-state index contributed by atoms with van der Waals surface area (Å²) in [6.45, 7) is 1.46. The average molecular weight is 512 g/mol. The van der Waals surface area contributed by atoms with Crippen molar-refractivity contribution in [3.05, 3.63) is 59.1 Å². The molecule has 0 aromatic heterocycles. The normalized spacial score (nSPS) is 16.2. The minimum Gasteiger partial charge on any atom is -0.326 e. The Morgan fingerprint density at radius 2 is 1.64 bits per heavy atom. The van der Waals surface area contributed by atoms with Crippen LogP contribution in [0, 0.1) is 5.92 Å². The molecule has 148 valence electrons. The third-order valence-electron chi connectivity index (χ3n) is 4.92. The number of alkyl halides is 1. The van der Waals surface area contributed by atoms with Crippen molar-refractivity contribution in [2.75, 3.05) is 10.6 Å². The number of carbonyl (C=O) groups excluding carboxylic acids is 2. The third kappa shape index (κ3) is 5.17. The van der Waals surface area contributed by atoms with Crippen molar-refractivity contribution in [3.8, 4) is 0 Å². The number of carbonyl (C=O) groups is 2. The standard InChI is InChI=1S/C21H23ClIN3O2/c1-14(27)24-18-9-11-19(12-10-18)25-20(28)26-21(23,15-5-2-3-6-15)16-7-4-8-17(22)13-16/h4,7-13,15H,2-3,5-6H2,1H3,(H,24,27)(H2,25,26,28)/t21-/m0/s1.